The summed E-state index contributed by atoms with van der Waals surface area (Å²) in [5, 5.41) is 10.2. The number of aromatic hydroxyl groups is 1. The zero-order valence-electron chi connectivity index (χ0n) is 14.8. The highest BCUT2D eigenvalue weighted by Crippen LogP contribution is 2.28. The SMILES string of the molecule is Cc1cc(O)c(CN(C)C2CCN(c3ccccc3F)C2=O)cc1C. The van der Waals surface area contributed by atoms with Crippen molar-refractivity contribution >= 4 is 11.6 Å². The minimum atomic E-state index is -0.383. The molecule has 0 radical (unpaired) electrons. The molecule has 1 heterocycles. The number of amides is 1. The van der Waals surface area contributed by atoms with E-state index < -0.39 is 0 Å². The van der Waals surface area contributed by atoms with Gasteiger partial charge in [-0.25, -0.2) is 4.39 Å². The van der Waals surface area contributed by atoms with Crippen molar-refractivity contribution in [3.8, 4) is 5.75 Å². The first-order chi connectivity index (χ1) is 11.9. The zero-order chi connectivity index (χ0) is 18.1. The van der Waals surface area contributed by atoms with Crippen LogP contribution in [-0.4, -0.2) is 35.5 Å². The first-order valence-corrected chi connectivity index (χ1v) is 8.43. The number of carbonyl (C=O) groups excluding carboxylic acids is 1. The topological polar surface area (TPSA) is 43.8 Å². The van der Waals surface area contributed by atoms with E-state index in [0.29, 0.717) is 25.2 Å². The monoisotopic (exact) mass is 342 g/mol. The van der Waals surface area contributed by atoms with Crippen LogP contribution in [0.25, 0.3) is 0 Å². The summed E-state index contributed by atoms with van der Waals surface area (Å²) in [6, 6.07) is 9.73. The Balaban J connectivity index is 1.76. The smallest absolute Gasteiger partial charge is 0.244 e. The lowest BCUT2D eigenvalue weighted by Crippen LogP contribution is -2.39. The molecule has 1 saturated heterocycles. The predicted molar refractivity (Wildman–Crippen MR) is 96.2 cm³/mol. The summed E-state index contributed by atoms with van der Waals surface area (Å²) in [5.74, 6) is -0.242. The fourth-order valence-corrected chi connectivity index (χ4v) is 3.35. The molecule has 1 fully saturated rings. The van der Waals surface area contributed by atoms with Crippen LogP contribution in [0, 0.1) is 19.7 Å². The minimum absolute atomic E-state index is 0.101. The number of anilines is 1. The van der Waals surface area contributed by atoms with Gasteiger partial charge in [-0.3, -0.25) is 9.69 Å². The van der Waals surface area contributed by atoms with Crippen LogP contribution in [-0.2, 0) is 11.3 Å². The third-order valence-corrected chi connectivity index (χ3v) is 4.97. The summed E-state index contributed by atoms with van der Waals surface area (Å²) in [7, 11) is 1.86. The summed E-state index contributed by atoms with van der Waals surface area (Å²) in [5.41, 5.74) is 3.26. The highest BCUT2D eigenvalue weighted by atomic mass is 19.1. The maximum atomic E-state index is 14.0. The van der Waals surface area contributed by atoms with Crippen molar-refractivity contribution in [2.24, 2.45) is 0 Å². The number of hydrogen-bond donors (Lipinski definition) is 1. The van der Waals surface area contributed by atoms with Gasteiger partial charge in [-0.1, -0.05) is 18.2 Å². The van der Waals surface area contributed by atoms with Gasteiger partial charge in [0.15, 0.2) is 0 Å². The van der Waals surface area contributed by atoms with Gasteiger partial charge in [-0.05, 0) is 56.6 Å². The van der Waals surface area contributed by atoms with E-state index >= 15 is 0 Å². The number of aryl methyl sites for hydroxylation is 2. The molecule has 1 unspecified atom stereocenters. The molecule has 1 aliphatic heterocycles. The maximum absolute atomic E-state index is 14.0. The molecule has 132 valence electrons. The molecule has 0 aromatic heterocycles. The van der Waals surface area contributed by atoms with Gasteiger partial charge >= 0.3 is 0 Å². The second-order valence-electron chi connectivity index (χ2n) is 6.73. The normalized spacial score (nSPS) is 17.6. The van der Waals surface area contributed by atoms with Gasteiger partial charge in [0.25, 0.3) is 0 Å². The van der Waals surface area contributed by atoms with E-state index in [2.05, 4.69) is 0 Å². The number of phenolic OH excluding ortho intramolecular Hbond substituents is 1. The van der Waals surface area contributed by atoms with E-state index in [-0.39, 0.29) is 23.5 Å². The summed E-state index contributed by atoms with van der Waals surface area (Å²) in [6.45, 7) is 4.91. The third kappa shape index (κ3) is 3.37. The Morgan fingerprint density at radius 2 is 1.92 bits per heavy atom. The van der Waals surface area contributed by atoms with Crippen molar-refractivity contribution in [2.45, 2.75) is 32.9 Å². The van der Waals surface area contributed by atoms with Crippen LogP contribution < -0.4 is 4.90 Å². The van der Waals surface area contributed by atoms with E-state index in [1.165, 1.54) is 11.0 Å². The van der Waals surface area contributed by atoms with E-state index in [9.17, 15) is 14.3 Å². The van der Waals surface area contributed by atoms with Crippen LogP contribution in [0.2, 0.25) is 0 Å². The van der Waals surface area contributed by atoms with Crippen molar-refractivity contribution in [2.75, 3.05) is 18.5 Å². The molecule has 1 N–H and O–H groups in total. The quantitative estimate of drug-likeness (QED) is 0.926. The number of carbonyl (C=O) groups is 1. The van der Waals surface area contributed by atoms with Gasteiger partial charge in [0.2, 0.25) is 5.91 Å². The lowest BCUT2D eigenvalue weighted by atomic mass is 10.0. The molecular weight excluding hydrogens is 319 g/mol. The number of likely N-dealkylation sites (N-methyl/N-ethyl adjacent to an activating group) is 1. The summed E-state index contributed by atoms with van der Waals surface area (Å²) in [6.07, 6.45) is 0.634. The minimum Gasteiger partial charge on any atom is -0.508 e. The molecule has 3 rings (SSSR count). The number of nitrogens with zero attached hydrogens (tertiary/aromatic N) is 2. The van der Waals surface area contributed by atoms with E-state index in [1.54, 1.807) is 24.3 Å². The number of hydrogen-bond acceptors (Lipinski definition) is 3. The van der Waals surface area contributed by atoms with Gasteiger partial charge in [0.05, 0.1) is 11.7 Å². The van der Waals surface area contributed by atoms with Gasteiger partial charge in [-0.2, -0.15) is 0 Å². The van der Waals surface area contributed by atoms with Crippen LogP contribution in [0.4, 0.5) is 10.1 Å². The highest BCUT2D eigenvalue weighted by Gasteiger charge is 2.36. The second-order valence-corrected chi connectivity index (χ2v) is 6.73. The lowest BCUT2D eigenvalue weighted by Gasteiger charge is -2.24. The number of para-hydroxylation sites is 1. The van der Waals surface area contributed by atoms with Crippen LogP contribution >= 0.6 is 0 Å². The highest BCUT2D eigenvalue weighted by molar-refractivity contribution is 5.99. The molecule has 0 spiro atoms. The summed E-state index contributed by atoms with van der Waals surface area (Å²) in [4.78, 5) is 16.2. The van der Waals surface area contributed by atoms with Crippen LogP contribution in [0.5, 0.6) is 5.75 Å². The molecule has 2 aromatic rings. The molecule has 5 heteroatoms. The maximum Gasteiger partial charge on any atom is 0.244 e. The van der Waals surface area contributed by atoms with Gasteiger partial charge in [0.1, 0.15) is 11.6 Å². The Hall–Kier alpha value is -2.40. The average Bonchev–Trinajstić information content (AvgIpc) is 2.94. The predicted octanol–water partition coefficient (Wildman–Crippen LogP) is 3.39. The Bertz CT molecular complexity index is 806. The van der Waals surface area contributed by atoms with Crippen molar-refractivity contribution in [1.29, 1.82) is 0 Å². The number of phenols is 1. The van der Waals surface area contributed by atoms with Crippen LogP contribution in [0.15, 0.2) is 36.4 Å². The first-order valence-electron chi connectivity index (χ1n) is 8.43. The third-order valence-electron chi connectivity index (χ3n) is 4.97. The standard InChI is InChI=1S/C20H23FN2O2/c1-13-10-15(19(24)11-14(13)2)12-22(3)18-8-9-23(20(18)25)17-7-5-4-6-16(17)21/h4-7,10-11,18,24H,8-9,12H2,1-3H3. The van der Waals surface area contributed by atoms with E-state index in [1.807, 2.05) is 31.9 Å². The molecule has 2 aromatic carbocycles. The second kappa shape index (κ2) is 6.84. The Kier molecular flexibility index (Phi) is 4.77. The molecule has 0 bridgehead atoms. The van der Waals surface area contributed by atoms with Crippen molar-refractivity contribution in [1.82, 2.24) is 4.90 Å². The van der Waals surface area contributed by atoms with Gasteiger partial charge < -0.3 is 10.0 Å². The molecular formula is C20H23FN2O2. The fourth-order valence-electron chi connectivity index (χ4n) is 3.35. The van der Waals surface area contributed by atoms with Gasteiger partial charge in [0, 0.05) is 18.7 Å². The van der Waals surface area contributed by atoms with Crippen LogP contribution in [0.1, 0.15) is 23.1 Å². The average molecular weight is 342 g/mol. The number of benzene rings is 2. The molecule has 0 aliphatic carbocycles. The lowest BCUT2D eigenvalue weighted by molar-refractivity contribution is -0.121. The van der Waals surface area contributed by atoms with E-state index in [0.717, 1.165) is 16.7 Å². The molecule has 0 saturated carbocycles. The van der Waals surface area contributed by atoms with Crippen molar-refractivity contribution in [3.63, 3.8) is 0 Å². The summed E-state index contributed by atoms with van der Waals surface area (Å²) >= 11 is 0. The Morgan fingerprint density at radius 3 is 2.64 bits per heavy atom. The van der Waals surface area contributed by atoms with E-state index in [4.69, 9.17) is 0 Å². The molecule has 1 amide bonds. The number of halogens is 1. The largest absolute Gasteiger partial charge is 0.508 e. The van der Waals surface area contributed by atoms with Gasteiger partial charge in [-0.15, -0.1) is 0 Å². The Morgan fingerprint density at radius 1 is 1.24 bits per heavy atom. The molecule has 25 heavy (non-hydrogen) atoms. The molecule has 4 nitrogen and oxygen atoms in total. The summed E-state index contributed by atoms with van der Waals surface area (Å²) < 4.78 is 14.0. The Labute approximate surface area is 147 Å². The van der Waals surface area contributed by atoms with Crippen molar-refractivity contribution < 1.29 is 14.3 Å². The van der Waals surface area contributed by atoms with Crippen molar-refractivity contribution in [3.05, 3.63) is 58.9 Å². The van der Waals surface area contributed by atoms with Crippen LogP contribution in [0.3, 0.4) is 0 Å². The molecule has 1 atom stereocenters. The zero-order valence-corrected chi connectivity index (χ0v) is 14.8. The number of rotatable bonds is 4. The molecule has 1 aliphatic rings. The fraction of sp³-hybridized carbons (Fsp3) is 0.350. The first kappa shape index (κ1) is 17.4.